The van der Waals surface area contributed by atoms with Crippen molar-refractivity contribution in [1.82, 2.24) is 14.9 Å². The molecule has 1 aromatic heterocycles. The Hall–Kier alpha value is -2.67. The lowest BCUT2D eigenvalue weighted by molar-refractivity contribution is 0.0785. The van der Waals surface area contributed by atoms with Crippen LogP contribution < -0.4 is 16.2 Å². The van der Waals surface area contributed by atoms with Gasteiger partial charge in [-0.1, -0.05) is 0 Å². The van der Waals surface area contributed by atoms with Crippen molar-refractivity contribution in [2.24, 2.45) is 5.73 Å². The van der Waals surface area contributed by atoms with E-state index in [1.54, 1.807) is 48.6 Å². The molecule has 0 saturated heterocycles. The number of hydrogen-bond donors (Lipinski definition) is 2. The number of rotatable bonds is 7. The minimum absolute atomic E-state index is 0.0877. The highest BCUT2D eigenvalue weighted by molar-refractivity contribution is 5.94. The van der Waals surface area contributed by atoms with Gasteiger partial charge in [0.1, 0.15) is 5.75 Å². The fraction of sp³-hybridized carbons (Fsp3) is 0.312. The molecular weight excluding hydrogens is 294 g/mol. The van der Waals surface area contributed by atoms with Crippen LogP contribution >= 0.6 is 0 Å². The highest BCUT2D eigenvalue weighted by Gasteiger charge is 2.12. The second-order valence-corrected chi connectivity index (χ2v) is 5.13. The lowest BCUT2D eigenvalue weighted by Gasteiger charge is -2.17. The predicted molar refractivity (Wildman–Crippen MR) is 87.9 cm³/mol. The van der Waals surface area contributed by atoms with Gasteiger partial charge < -0.3 is 21.1 Å². The second kappa shape index (κ2) is 8.09. The van der Waals surface area contributed by atoms with Gasteiger partial charge in [-0.2, -0.15) is 0 Å². The van der Waals surface area contributed by atoms with Crippen molar-refractivity contribution in [1.29, 1.82) is 0 Å². The zero-order chi connectivity index (χ0) is 16.7. The third kappa shape index (κ3) is 4.93. The summed E-state index contributed by atoms with van der Waals surface area (Å²) in [6, 6.07) is 7.06. The minimum atomic E-state index is -0.0877. The van der Waals surface area contributed by atoms with Crippen LogP contribution in [0.5, 0.6) is 5.75 Å². The molecule has 0 spiro atoms. The molecule has 0 atom stereocenters. The summed E-state index contributed by atoms with van der Waals surface area (Å²) < 4.78 is 5.52. The SMILES string of the molecule is CN(Cc1cnc(N)nc1)C(=O)c1ccc(OCCCN)cc1. The van der Waals surface area contributed by atoms with Crippen molar-refractivity contribution < 1.29 is 9.53 Å². The molecule has 1 aromatic carbocycles. The number of carbonyl (C=O) groups excluding carboxylic acids is 1. The average molecular weight is 315 g/mol. The number of benzene rings is 1. The van der Waals surface area contributed by atoms with Gasteiger partial charge in [0.05, 0.1) is 6.61 Å². The first-order valence-corrected chi connectivity index (χ1v) is 7.35. The van der Waals surface area contributed by atoms with E-state index in [2.05, 4.69) is 9.97 Å². The molecule has 7 heteroatoms. The van der Waals surface area contributed by atoms with Gasteiger partial charge in [0.2, 0.25) is 5.95 Å². The number of nitrogens with two attached hydrogens (primary N) is 2. The molecular formula is C16H21N5O2. The van der Waals surface area contributed by atoms with E-state index in [1.165, 1.54) is 0 Å². The van der Waals surface area contributed by atoms with Crippen molar-refractivity contribution in [3.8, 4) is 5.75 Å². The molecule has 0 saturated carbocycles. The van der Waals surface area contributed by atoms with Crippen molar-refractivity contribution in [3.05, 3.63) is 47.8 Å². The van der Waals surface area contributed by atoms with E-state index in [1.807, 2.05) is 0 Å². The van der Waals surface area contributed by atoms with Crippen LogP contribution in [-0.2, 0) is 6.54 Å². The minimum Gasteiger partial charge on any atom is -0.494 e. The number of hydrogen-bond acceptors (Lipinski definition) is 6. The van der Waals surface area contributed by atoms with Crippen molar-refractivity contribution in [3.63, 3.8) is 0 Å². The van der Waals surface area contributed by atoms with Gasteiger partial charge in [0.25, 0.3) is 5.91 Å². The third-order valence-electron chi connectivity index (χ3n) is 3.21. The summed E-state index contributed by atoms with van der Waals surface area (Å²) >= 11 is 0. The van der Waals surface area contributed by atoms with E-state index in [9.17, 15) is 4.79 Å². The maximum absolute atomic E-state index is 12.4. The Kier molecular flexibility index (Phi) is 5.87. The molecule has 0 unspecified atom stereocenters. The van der Waals surface area contributed by atoms with Crippen molar-refractivity contribution in [2.75, 3.05) is 25.9 Å². The molecule has 0 fully saturated rings. The number of nitrogens with zero attached hydrogens (tertiary/aromatic N) is 3. The van der Waals surface area contributed by atoms with E-state index in [-0.39, 0.29) is 11.9 Å². The lowest BCUT2D eigenvalue weighted by atomic mass is 10.2. The summed E-state index contributed by atoms with van der Waals surface area (Å²) in [5, 5.41) is 0. The molecule has 1 heterocycles. The number of carbonyl (C=O) groups is 1. The predicted octanol–water partition coefficient (Wildman–Crippen LogP) is 1.06. The van der Waals surface area contributed by atoms with E-state index in [0.717, 1.165) is 17.7 Å². The van der Waals surface area contributed by atoms with Crippen LogP contribution in [0.3, 0.4) is 0 Å². The molecule has 0 aliphatic rings. The Labute approximate surface area is 135 Å². The molecule has 0 radical (unpaired) electrons. The average Bonchev–Trinajstić information content (AvgIpc) is 2.57. The van der Waals surface area contributed by atoms with E-state index < -0.39 is 0 Å². The van der Waals surface area contributed by atoms with Crippen molar-refractivity contribution >= 4 is 11.9 Å². The molecule has 7 nitrogen and oxygen atoms in total. The van der Waals surface area contributed by atoms with Crippen LogP contribution in [0.15, 0.2) is 36.7 Å². The van der Waals surface area contributed by atoms with Crippen LogP contribution in [-0.4, -0.2) is 41.0 Å². The van der Waals surface area contributed by atoms with Gasteiger partial charge in [0.15, 0.2) is 0 Å². The van der Waals surface area contributed by atoms with Gasteiger partial charge in [-0.05, 0) is 37.2 Å². The molecule has 4 N–H and O–H groups in total. The van der Waals surface area contributed by atoms with E-state index >= 15 is 0 Å². The number of nitrogen functional groups attached to an aromatic ring is 1. The standard InChI is InChI=1S/C16H21N5O2/c1-21(11-12-9-19-16(18)20-10-12)15(22)13-3-5-14(6-4-13)23-8-2-7-17/h3-6,9-10H,2,7-8,11,17H2,1H3,(H2,18,19,20). The van der Waals surface area contributed by atoms with Gasteiger partial charge in [-0.15, -0.1) is 0 Å². The summed E-state index contributed by atoms with van der Waals surface area (Å²) in [6.07, 6.45) is 4.02. The Bertz CT molecular complexity index is 628. The third-order valence-corrected chi connectivity index (χ3v) is 3.21. The molecule has 2 rings (SSSR count). The summed E-state index contributed by atoms with van der Waals surface area (Å²) in [7, 11) is 1.73. The van der Waals surface area contributed by atoms with Crippen LogP contribution in [0.4, 0.5) is 5.95 Å². The first-order chi connectivity index (χ1) is 11.1. The highest BCUT2D eigenvalue weighted by atomic mass is 16.5. The molecule has 0 aliphatic heterocycles. The maximum atomic E-state index is 12.4. The van der Waals surface area contributed by atoms with Gasteiger partial charge >= 0.3 is 0 Å². The number of ether oxygens (including phenoxy) is 1. The monoisotopic (exact) mass is 315 g/mol. The quantitative estimate of drug-likeness (QED) is 0.740. The molecule has 0 bridgehead atoms. The maximum Gasteiger partial charge on any atom is 0.253 e. The Morgan fingerprint density at radius 1 is 1.22 bits per heavy atom. The van der Waals surface area contributed by atoms with Crippen LogP contribution in [0.1, 0.15) is 22.3 Å². The zero-order valence-electron chi connectivity index (χ0n) is 13.1. The largest absolute Gasteiger partial charge is 0.494 e. The summed E-state index contributed by atoms with van der Waals surface area (Å²) in [4.78, 5) is 21.8. The second-order valence-electron chi connectivity index (χ2n) is 5.13. The fourth-order valence-electron chi connectivity index (χ4n) is 1.98. The van der Waals surface area contributed by atoms with E-state index in [4.69, 9.17) is 16.2 Å². The highest BCUT2D eigenvalue weighted by Crippen LogP contribution is 2.14. The molecule has 1 amide bonds. The smallest absolute Gasteiger partial charge is 0.253 e. The van der Waals surface area contributed by atoms with E-state index in [0.29, 0.717) is 25.3 Å². The first kappa shape index (κ1) is 16.7. The normalized spacial score (nSPS) is 10.3. The topological polar surface area (TPSA) is 107 Å². The molecule has 122 valence electrons. The summed E-state index contributed by atoms with van der Waals surface area (Å²) in [5.74, 6) is 0.855. The van der Waals surface area contributed by atoms with Crippen LogP contribution in [0.25, 0.3) is 0 Å². The number of aromatic nitrogens is 2. The summed E-state index contributed by atoms with van der Waals surface area (Å²) in [5.41, 5.74) is 12.3. The summed E-state index contributed by atoms with van der Waals surface area (Å²) in [6.45, 7) is 1.57. The molecule has 23 heavy (non-hydrogen) atoms. The zero-order valence-corrected chi connectivity index (χ0v) is 13.1. The van der Waals surface area contributed by atoms with Crippen molar-refractivity contribution in [2.45, 2.75) is 13.0 Å². The first-order valence-electron chi connectivity index (χ1n) is 7.35. The Balaban J connectivity index is 1.94. The number of amides is 1. The van der Waals surface area contributed by atoms with Crippen LogP contribution in [0, 0.1) is 0 Å². The van der Waals surface area contributed by atoms with Gasteiger partial charge in [-0.3, -0.25) is 4.79 Å². The number of anilines is 1. The van der Waals surface area contributed by atoms with Gasteiger partial charge in [0, 0.05) is 37.1 Å². The Morgan fingerprint density at radius 2 is 1.87 bits per heavy atom. The lowest BCUT2D eigenvalue weighted by Crippen LogP contribution is -2.26. The van der Waals surface area contributed by atoms with Crippen LogP contribution in [0.2, 0.25) is 0 Å². The fourth-order valence-corrected chi connectivity index (χ4v) is 1.98. The molecule has 0 aliphatic carbocycles. The van der Waals surface area contributed by atoms with Gasteiger partial charge in [-0.25, -0.2) is 9.97 Å². The molecule has 2 aromatic rings. The Morgan fingerprint density at radius 3 is 2.48 bits per heavy atom.